The van der Waals surface area contributed by atoms with E-state index in [-0.39, 0.29) is 5.91 Å². The maximum Gasteiger partial charge on any atom is 0.260 e. The number of benzene rings is 2. The molecular weight excluding hydrogens is 390 g/mol. The Morgan fingerprint density at radius 3 is 2.72 bits per heavy atom. The minimum absolute atomic E-state index is 0.103. The third-order valence-corrected chi connectivity index (χ3v) is 5.73. The summed E-state index contributed by atoms with van der Waals surface area (Å²) in [5, 5.41) is 0.675. The zero-order valence-corrected chi connectivity index (χ0v) is 17.5. The van der Waals surface area contributed by atoms with E-state index in [4.69, 9.17) is 19.2 Å². The Morgan fingerprint density at radius 2 is 1.97 bits per heavy atom. The number of hydrogen-bond donors (Lipinski definition) is 1. The first kappa shape index (κ1) is 19.5. The number of hydrogen-bond acceptors (Lipinski definition) is 6. The maximum absolute atomic E-state index is 13.4. The van der Waals surface area contributed by atoms with Gasteiger partial charge in [-0.3, -0.25) is 9.69 Å². The molecule has 1 aliphatic rings. The number of quaternary nitrogens is 1. The van der Waals surface area contributed by atoms with E-state index in [0.717, 1.165) is 22.5 Å². The molecule has 2 heterocycles. The van der Waals surface area contributed by atoms with Crippen molar-refractivity contribution in [3.63, 3.8) is 0 Å². The number of carbonyl (C=O) groups is 1. The summed E-state index contributed by atoms with van der Waals surface area (Å²) >= 11 is 1.49. The standard InChI is InChI=1S/C21H23N3O4S/c1-23(2)8-9-24(21-22-16-6-5-15(26-3)13-19(16)29-21)20(25)14-4-7-17-18(12-14)28-11-10-27-17/h4-7,12-13H,8-11H2,1-3H3/p+1. The molecule has 3 aromatic rings. The normalized spacial score (nSPS) is 13.0. The molecule has 0 saturated carbocycles. The van der Waals surface area contributed by atoms with Gasteiger partial charge in [0, 0.05) is 5.56 Å². The van der Waals surface area contributed by atoms with Crippen molar-refractivity contribution < 1.29 is 23.9 Å². The number of amides is 1. The smallest absolute Gasteiger partial charge is 0.260 e. The van der Waals surface area contributed by atoms with Gasteiger partial charge in [0.15, 0.2) is 16.6 Å². The number of nitrogens with zero attached hydrogens (tertiary/aromatic N) is 2. The fraction of sp³-hybridized carbons (Fsp3) is 0.333. The molecule has 0 unspecified atom stereocenters. The van der Waals surface area contributed by atoms with Crippen LogP contribution in [0.1, 0.15) is 10.4 Å². The average Bonchev–Trinajstić information content (AvgIpc) is 3.15. The van der Waals surface area contributed by atoms with Crippen LogP contribution in [0.4, 0.5) is 5.13 Å². The topological polar surface area (TPSA) is 65.3 Å². The summed E-state index contributed by atoms with van der Waals surface area (Å²) in [6.07, 6.45) is 0. The first-order valence-corrected chi connectivity index (χ1v) is 10.3. The number of ether oxygens (including phenoxy) is 3. The lowest BCUT2D eigenvalue weighted by molar-refractivity contribution is -0.856. The van der Waals surface area contributed by atoms with E-state index < -0.39 is 0 Å². The van der Waals surface area contributed by atoms with Crippen molar-refractivity contribution in [1.82, 2.24) is 4.98 Å². The average molecular weight is 415 g/mol. The Labute approximate surface area is 173 Å². The third-order valence-electron chi connectivity index (χ3n) is 4.68. The highest BCUT2D eigenvalue weighted by atomic mass is 32.1. The van der Waals surface area contributed by atoms with Crippen LogP contribution in [0, 0.1) is 0 Å². The first-order valence-electron chi connectivity index (χ1n) is 9.50. The lowest BCUT2D eigenvalue weighted by Gasteiger charge is -2.22. The zero-order chi connectivity index (χ0) is 20.4. The van der Waals surface area contributed by atoms with Crippen molar-refractivity contribution in [3.05, 3.63) is 42.0 Å². The van der Waals surface area contributed by atoms with Crippen LogP contribution in [0.5, 0.6) is 17.2 Å². The van der Waals surface area contributed by atoms with E-state index in [2.05, 4.69) is 14.1 Å². The molecule has 0 aliphatic carbocycles. The molecule has 8 heteroatoms. The number of aromatic nitrogens is 1. The molecule has 2 aromatic carbocycles. The van der Waals surface area contributed by atoms with Gasteiger partial charge in [0.05, 0.1) is 44.5 Å². The molecule has 4 rings (SSSR count). The lowest BCUT2D eigenvalue weighted by Crippen LogP contribution is -3.06. The number of likely N-dealkylation sites (N-methyl/N-ethyl adjacent to an activating group) is 1. The highest BCUT2D eigenvalue weighted by molar-refractivity contribution is 7.22. The van der Waals surface area contributed by atoms with Gasteiger partial charge in [-0.2, -0.15) is 0 Å². The van der Waals surface area contributed by atoms with Gasteiger partial charge < -0.3 is 19.1 Å². The summed E-state index contributed by atoms with van der Waals surface area (Å²) in [7, 11) is 5.77. The van der Waals surface area contributed by atoms with Crippen molar-refractivity contribution in [2.75, 3.05) is 52.4 Å². The second kappa shape index (κ2) is 8.26. The molecule has 1 amide bonds. The molecule has 0 radical (unpaired) electrons. The van der Waals surface area contributed by atoms with Gasteiger partial charge in [-0.1, -0.05) is 11.3 Å². The Morgan fingerprint density at radius 1 is 1.17 bits per heavy atom. The summed E-state index contributed by atoms with van der Waals surface area (Å²) in [5.74, 6) is 1.95. The van der Waals surface area contributed by atoms with Crippen LogP contribution in [0.15, 0.2) is 36.4 Å². The second-order valence-corrected chi connectivity index (χ2v) is 8.11. The SMILES string of the molecule is COc1ccc2nc(N(CC[NH+](C)C)C(=O)c3ccc4c(c3)OCCO4)sc2c1. The minimum Gasteiger partial charge on any atom is -0.497 e. The van der Waals surface area contributed by atoms with Gasteiger partial charge in [-0.05, 0) is 36.4 Å². The molecule has 1 aliphatic heterocycles. The fourth-order valence-electron chi connectivity index (χ4n) is 3.09. The van der Waals surface area contributed by atoms with E-state index in [1.807, 2.05) is 18.2 Å². The molecule has 0 atom stereocenters. The fourth-order valence-corrected chi connectivity index (χ4v) is 4.11. The summed E-state index contributed by atoms with van der Waals surface area (Å²) in [6, 6.07) is 11.1. The monoisotopic (exact) mass is 414 g/mol. The van der Waals surface area contributed by atoms with Gasteiger partial charge >= 0.3 is 0 Å². The van der Waals surface area contributed by atoms with E-state index in [1.165, 1.54) is 16.2 Å². The predicted octanol–water partition coefficient (Wildman–Crippen LogP) is 1.87. The highest BCUT2D eigenvalue weighted by Crippen LogP contribution is 2.34. The number of rotatable bonds is 6. The second-order valence-electron chi connectivity index (χ2n) is 7.10. The highest BCUT2D eigenvalue weighted by Gasteiger charge is 2.24. The van der Waals surface area contributed by atoms with Gasteiger partial charge in [0.2, 0.25) is 0 Å². The molecule has 29 heavy (non-hydrogen) atoms. The summed E-state index contributed by atoms with van der Waals surface area (Å²) in [5.41, 5.74) is 1.41. The van der Waals surface area contributed by atoms with Crippen molar-refractivity contribution >= 4 is 32.6 Å². The molecule has 0 fully saturated rings. The van der Waals surface area contributed by atoms with Gasteiger partial charge in [0.1, 0.15) is 19.0 Å². The molecule has 0 spiro atoms. The van der Waals surface area contributed by atoms with Crippen molar-refractivity contribution in [1.29, 1.82) is 0 Å². The van der Waals surface area contributed by atoms with Gasteiger partial charge in [-0.25, -0.2) is 4.98 Å². The predicted molar refractivity (Wildman–Crippen MR) is 113 cm³/mol. The van der Waals surface area contributed by atoms with E-state index in [1.54, 1.807) is 30.2 Å². The molecule has 7 nitrogen and oxygen atoms in total. The molecule has 0 bridgehead atoms. The summed E-state index contributed by atoms with van der Waals surface area (Å²) < 4.78 is 17.5. The maximum atomic E-state index is 13.4. The quantitative estimate of drug-likeness (QED) is 0.667. The lowest BCUT2D eigenvalue weighted by atomic mass is 10.1. The first-order chi connectivity index (χ1) is 14.0. The minimum atomic E-state index is -0.103. The van der Waals surface area contributed by atoms with Crippen LogP contribution in [0.2, 0.25) is 0 Å². The van der Waals surface area contributed by atoms with E-state index >= 15 is 0 Å². The number of thiazole rings is 1. The van der Waals surface area contributed by atoms with Crippen LogP contribution < -0.4 is 24.0 Å². The van der Waals surface area contributed by atoms with Crippen molar-refractivity contribution in [2.45, 2.75) is 0 Å². The van der Waals surface area contributed by atoms with Gasteiger partial charge in [-0.15, -0.1) is 0 Å². The Balaban J connectivity index is 1.68. The third kappa shape index (κ3) is 4.13. The Kier molecular flexibility index (Phi) is 5.55. The molecule has 152 valence electrons. The van der Waals surface area contributed by atoms with Crippen LogP contribution >= 0.6 is 11.3 Å². The largest absolute Gasteiger partial charge is 0.497 e. The summed E-state index contributed by atoms with van der Waals surface area (Å²) in [6.45, 7) is 2.37. The summed E-state index contributed by atoms with van der Waals surface area (Å²) in [4.78, 5) is 21.1. The Bertz CT molecular complexity index is 1030. The van der Waals surface area contributed by atoms with E-state index in [9.17, 15) is 4.79 Å². The van der Waals surface area contributed by atoms with Crippen LogP contribution in [-0.4, -0.2) is 58.4 Å². The molecular formula is C21H24N3O4S+. The van der Waals surface area contributed by atoms with Crippen molar-refractivity contribution in [2.24, 2.45) is 0 Å². The number of carbonyl (C=O) groups excluding carboxylic acids is 1. The molecule has 1 N–H and O–H groups in total. The Hall–Kier alpha value is -2.84. The van der Waals surface area contributed by atoms with Crippen LogP contribution in [0.25, 0.3) is 10.2 Å². The molecule has 1 aromatic heterocycles. The zero-order valence-electron chi connectivity index (χ0n) is 16.7. The number of fused-ring (bicyclic) bond motifs is 2. The van der Waals surface area contributed by atoms with E-state index in [0.29, 0.717) is 42.0 Å². The number of anilines is 1. The van der Waals surface area contributed by atoms with Gasteiger partial charge in [0.25, 0.3) is 5.91 Å². The number of methoxy groups -OCH3 is 1. The van der Waals surface area contributed by atoms with Crippen LogP contribution in [0.3, 0.4) is 0 Å². The number of nitrogens with one attached hydrogen (secondary N) is 1. The van der Waals surface area contributed by atoms with Crippen LogP contribution in [-0.2, 0) is 0 Å². The molecule has 0 saturated heterocycles. The van der Waals surface area contributed by atoms with Crippen molar-refractivity contribution in [3.8, 4) is 17.2 Å².